The van der Waals surface area contributed by atoms with E-state index in [1.54, 1.807) is 30.5 Å². The molecule has 2 N–H and O–H groups in total. The van der Waals surface area contributed by atoms with E-state index in [0.29, 0.717) is 22.9 Å². The summed E-state index contributed by atoms with van der Waals surface area (Å²) in [4.78, 5) is 25.5. The molecule has 3 heterocycles. The Hall–Kier alpha value is -3.33. The number of sulfone groups is 1. The summed E-state index contributed by atoms with van der Waals surface area (Å²) in [6.07, 6.45) is 7.46. The molecular formula is C20H19N5O3S. The molecule has 1 aliphatic rings. The summed E-state index contributed by atoms with van der Waals surface area (Å²) in [5.41, 5.74) is 0.850. The standard InChI is InChI=1S/C20H19N5O3S/c1-29(27,28)16-5-4-10-22-20(16)24-15-11-18(25-17-6-2-3-9-21-17)23-12-14(15)19(26)13-7-8-13/h2-6,9-13H,7-8H2,1H3,(H2,21,22,23,24,25). The number of pyridine rings is 3. The molecule has 0 saturated heterocycles. The molecule has 1 saturated carbocycles. The predicted octanol–water partition coefficient (Wildman–Crippen LogP) is 3.36. The third kappa shape index (κ3) is 4.40. The topological polar surface area (TPSA) is 114 Å². The average molecular weight is 409 g/mol. The number of anilines is 4. The van der Waals surface area contributed by atoms with E-state index in [9.17, 15) is 13.2 Å². The molecule has 0 atom stereocenters. The second kappa shape index (κ2) is 7.59. The summed E-state index contributed by atoms with van der Waals surface area (Å²) < 4.78 is 24.2. The molecule has 3 aromatic heterocycles. The minimum atomic E-state index is -3.50. The van der Waals surface area contributed by atoms with Gasteiger partial charge in [-0.3, -0.25) is 4.79 Å². The quantitative estimate of drug-likeness (QED) is 0.571. The summed E-state index contributed by atoms with van der Waals surface area (Å²) in [6.45, 7) is 0. The molecule has 1 fully saturated rings. The molecular weight excluding hydrogens is 390 g/mol. The Morgan fingerprint density at radius 3 is 2.48 bits per heavy atom. The number of hydrogen-bond donors (Lipinski definition) is 2. The van der Waals surface area contributed by atoms with Gasteiger partial charge in [0.1, 0.15) is 22.3 Å². The maximum Gasteiger partial charge on any atom is 0.179 e. The van der Waals surface area contributed by atoms with Gasteiger partial charge in [-0.25, -0.2) is 23.4 Å². The number of ketones is 1. The first-order valence-corrected chi connectivity index (χ1v) is 11.0. The van der Waals surface area contributed by atoms with Crippen LogP contribution in [0.5, 0.6) is 0 Å². The van der Waals surface area contributed by atoms with Crippen molar-refractivity contribution in [2.45, 2.75) is 17.7 Å². The van der Waals surface area contributed by atoms with Crippen LogP contribution < -0.4 is 10.6 Å². The van der Waals surface area contributed by atoms with Crippen molar-refractivity contribution in [2.24, 2.45) is 5.92 Å². The van der Waals surface area contributed by atoms with Gasteiger partial charge in [0.2, 0.25) is 0 Å². The number of hydrogen-bond acceptors (Lipinski definition) is 8. The SMILES string of the molecule is CS(=O)(=O)c1cccnc1Nc1cc(Nc2ccccn2)ncc1C(=O)C1CC1. The maximum atomic E-state index is 12.7. The van der Waals surface area contributed by atoms with E-state index in [1.807, 2.05) is 6.07 Å². The molecule has 0 aromatic carbocycles. The van der Waals surface area contributed by atoms with Crippen LogP contribution in [0.4, 0.5) is 23.1 Å². The lowest BCUT2D eigenvalue weighted by molar-refractivity contribution is 0.0968. The van der Waals surface area contributed by atoms with Crippen molar-refractivity contribution in [1.29, 1.82) is 0 Å². The first-order chi connectivity index (χ1) is 13.9. The second-order valence-electron chi connectivity index (χ2n) is 6.84. The third-order valence-electron chi connectivity index (χ3n) is 4.46. The van der Waals surface area contributed by atoms with Crippen LogP contribution >= 0.6 is 0 Å². The lowest BCUT2D eigenvalue weighted by Gasteiger charge is -2.14. The number of carbonyl (C=O) groups is 1. The van der Waals surface area contributed by atoms with Crippen molar-refractivity contribution in [1.82, 2.24) is 15.0 Å². The van der Waals surface area contributed by atoms with Crippen LogP contribution in [0.1, 0.15) is 23.2 Å². The van der Waals surface area contributed by atoms with Crippen LogP contribution in [-0.2, 0) is 9.84 Å². The molecule has 29 heavy (non-hydrogen) atoms. The van der Waals surface area contributed by atoms with Gasteiger partial charge < -0.3 is 10.6 Å². The van der Waals surface area contributed by atoms with Gasteiger partial charge in [0, 0.05) is 36.8 Å². The molecule has 0 radical (unpaired) electrons. The highest BCUT2D eigenvalue weighted by molar-refractivity contribution is 7.90. The molecule has 9 heteroatoms. The smallest absolute Gasteiger partial charge is 0.179 e. The summed E-state index contributed by atoms with van der Waals surface area (Å²) in [6, 6.07) is 10.1. The zero-order valence-corrected chi connectivity index (χ0v) is 16.5. The fourth-order valence-corrected chi connectivity index (χ4v) is 3.65. The highest BCUT2D eigenvalue weighted by Gasteiger charge is 2.32. The Morgan fingerprint density at radius 2 is 1.79 bits per heavy atom. The van der Waals surface area contributed by atoms with Gasteiger partial charge in [-0.2, -0.15) is 0 Å². The largest absolute Gasteiger partial charge is 0.338 e. The van der Waals surface area contributed by atoms with E-state index in [4.69, 9.17) is 0 Å². The molecule has 0 amide bonds. The highest BCUT2D eigenvalue weighted by atomic mass is 32.2. The first-order valence-electron chi connectivity index (χ1n) is 9.06. The molecule has 1 aliphatic carbocycles. The summed E-state index contributed by atoms with van der Waals surface area (Å²) in [7, 11) is -3.50. The van der Waals surface area contributed by atoms with Gasteiger partial charge in [0.05, 0.1) is 11.3 Å². The number of nitrogens with one attached hydrogen (secondary N) is 2. The van der Waals surface area contributed by atoms with Crippen molar-refractivity contribution in [3.8, 4) is 0 Å². The van der Waals surface area contributed by atoms with Gasteiger partial charge >= 0.3 is 0 Å². The average Bonchev–Trinajstić information content (AvgIpc) is 3.53. The molecule has 0 bridgehead atoms. The molecule has 3 aromatic rings. The molecule has 0 unspecified atom stereocenters. The zero-order valence-electron chi connectivity index (χ0n) is 15.7. The Kier molecular flexibility index (Phi) is 4.98. The minimum absolute atomic E-state index is 0.00920. The lowest BCUT2D eigenvalue weighted by Crippen LogP contribution is -2.10. The van der Waals surface area contributed by atoms with E-state index in [2.05, 4.69) is 25.6 Å². The van der Waals surface area contributed by atoms with Gasteiger partial charge in [-0.1, -0.05) is 6.07 Å². The van der Waals surface area contributed by atoms with Crippen molar-refractivity contribution < 1.29 is 13.2 Å². The second-order valence-corrected chi connectivity index (χ2v) is 8.83. The van der Waals surface area contributed by atoms with Gasteiger partial charge in [0.25, 0.3) is 0 Å². The maximum absolute atomic E-state index is 12.7. The van der Waals surface area contributed by atoms with Gasteiger partial charge in [-0.15, -0.1) is 0 Å². The van der Waals surface area contributed by atoms with Crippen molar-refractivity contribution in [3.05, 3.63) is 60.6 Å². The fourth-order valence-electron chi connectivity index (χ4n) is 2.87. The molecule has 0 spiro atoms. The van der Waals surface area contributed by atoms with E-state index >= 15 is 0 Å². The fraction of sp³-hybridized carbons (Fsp3) is 0.200. The first kappa shape index (κ1) is 19.0. The number of aromatic nitrogens is 3. The van der Waals surface area contributed by atoms with Gasteiger partial charge in [-0.05, 0) is 37.1 Å². The molecule has 8 nitrogen and oxygen atoms in total. The Morgan fingerprint density at radius 1 is 1.00 bits per heavy atom. The van der Waals surface area contributed by atoms with Crippen LogP contribution in [0.15, 0.2) is 59.9 Å². The number of rotatable bonds is 7. The monoisotopic (exact) mass is 409 g/mol. The predicted molar refractivity (Wildman–Crippen MR) is 109 cm³/mol. The normalized spacial score (nSPS) is 13.7. The summed E-state index contributed by atoms with van der Waals surface area (Å²) in [5, 5.41) is 6.10. The van der Waals surface area contributed by atoms with E-state index in [-0.39, 0.29) is 22.4 Å². The minimum Gasteiger partial charge on any atom is -0.338 e. The third-order valence-corrected chi connectivity index (χ3v) is 5.59. The lowest BCUT2D eigenvalue weighted by atomic mass is 10.1. The molecule has 0 aliphatic heterocycles. The summed E-state index contributed by atoms with van der Waals surface area (Å²) >= 11 is 0. The highest BCUT2D eigenvalue weighted by Crippen LogP contribution is 2.36. The Labute approximate surface area is 168 Å². The zero-order chi connectivity index (χ0) is 20.4. The van der Waals surface area contributed by atoms with Crippen molar-refractivity contribution in [3.63, 3.8) is 0 Å². The van der Waals surface area contributed by atoms with E-state index < -0.39 is 9.84 Å². The molecule has 4 rings (SSSR count). The summed E-state index contributed by atoms with van der Waals surface area (Å²) in [5.74, 6) is 1.21. The van der Waals surface area contributed by atoms with Gasteiger partial charge in [0.15, 0.2) is 15.6 Å². The molecule has 148 valence electrons. The van der Waals surface area contributed by atoms with Crippen LogP contribution in [-0.4, -0.2) is 35.4 Å². The van der Waals surface area contributed by atoms with Crippen LogP contribution in [0.25, 0.3) is 0 Å². The number of Topliss-reactive ketones (excluding diaryl/α,β-unsaturated/α-hetero) is 1. The van der Waals surface area contributed by atoms with Crippen LogP contribution in [0, 0.1) is 5.92 Å². The van der Waals surface area contributed by atoms with E-state index in [0.717, 1.165) is 19.1 Å². The number of carbonyl (C=O) groups excluding carboxylic acids is 1. The van der Waals surface area contributed by atoms with E-state index in [1.165, 1.54) is 18.5 Å². The van der Waals surface area contributed by atoms with Crippen LogP contribution in [0.3, 0.4) is 0 Å². The Bertz CT molecular complexity index is 1160. The number of nitrogens with zero attached hydrogens (tertiary/aromatic N) is 3. The Balaban J connectivity index is 1.73. The van der Waals surface area contributed by atoms with Crippen molar-refractivity contribution >= 4 is 38.8 Å². The van der Waals surface area contributed by atoms with Crippen molar-refractivity contribution in [2.75, 3.05) is 16.9 Å². The van der Waals surface area contributed by atoms with Crippen LogP contribution in [0.2, 0.25) is 0 Å².